The molecule has 0 saturated carbocycles. The Hall–Kier alpha value is -2.90. The first-order valence-corrected chi connectivity index (χ1v) is 10.5. The molecule has 0 radical (unpaired) electrons. The van der Waals surface area contributed by atoms with E-state index >= 15 is 0 Å². The van der Waals surface area contributed by atoms with E-state index in [4.69, 9.17) is 16.3 Å². The van der Waals surface area contributed by atoms with Crippen molar-refractivity contribution < 1.29 is 19.1 Å². The average Bonchev–Trinajstić information content (AvgIpc) is 2.91. The van der Waals surface area contributed by atoms with Crippen molar-refractivity contribution in [3.8, 4) is 5.75 Å². The Morgan fingerprint density at radius 2 is 2.00 bits per heavy atom. The van der Waals surface area contributed by atoms with Gasteiger partial charge in [-0.05, 0) is 42.7 Å². The molecule has 3 rings (SSSR count). The van der Waals surface area contributed by atoms with Gasteiger partial charge in [-0.3, -0.25) is 19.3 Å². The predicted octanol–water partition coefficient (Wildman–Crippen LogP) is 2.34. The highest BCUT2D eigenvalue weighted by molar-refractivity contribution is 6.30. The van der Waals surface area contributed by atoms with Crippen molar-refractivity contribution in [2.75, 3.05) is 26.7 Å². The summed E-state index contributed by atoms with van der Waals surface area (Å²) in [6.07, 6.45) is 0.292. The van der Waals surface area contributed by atoms with Gasteiger partial charge >= 0.3 is 0 Å². The molecule has 2 aromatic carbocycles. The van der Waals surface area contributed by atoms with Crippen molar-refractivity contribution >= 4 is 29.3 Å². The number of hydrogen-bond donors (Lipinski definition) is 2. The van der Waals surface area contributed by atoms with Crippen LogP contribution in [0.4, 0.5) is 0 Å². The molecule has 1 heterocycles. The van der Waals surface area contributed by atoms with Crippen molar-refractivity contribution in [3.63, 3.8) is 0 Å². The summed E-state index contributed by atoms with van der Waals surface area (Å²) in [4.78, 5) is 39.2. The molecule has 1 saturated heterocycles. The number of carbonyl (C=O) groups excluding carboxylic acids is 3. The number of imide groups is 1. The summed E-state index contributed by atoms with van der Waals surface area (Å²) in [5, 5.41) is 6.38. The lowest BCUT2D eigenvalue weighted by molar-refractivity contribution is -0.148. The van der Waals surface area contributed by atoms with Gasteiger partial charge in [0.1, 0.15) is 12.3 Å². The van der Waals surface area contributed by atoms with Crippen LogP contribution in [0, 0.1) is 5.92 Å². The second-order valence-corrected chi connectivity index (χ2v) is 7.93. The lowest BCUT2D eigenvalue weighted by atomic mass is 9.97. The molecule has 7 nitrogen and oxygen atoms in total. The lowest BCUT2D eigenvalue weighted by Gasteiger charge is -2.23. The molecule has 1 fully saturated rings. The first kappa shape index (κ1) is 22.8. The summed E-state index contributed by atoms with van der Waals surface area (Å²) in [6.45, 7) is 1.74. The molecule has 2 aromatic rings. The molecule has 0 spiro atoms. The third-order valence-electron chi connectivity index (χ3n) is 5.33. The second kappa shape index (κ2) is 10.4. The van der Waals surface area contributed by atoms with E-state index < -0.39 is 11.8 Å². The molecule has 3 amide bonds. The van der Waals surface area contributed by atoms with E-state index in [-0.39, 0.29) is 37.5 Å². The molecule has 2 atom stereocenters. The number of nitrogens with one attached hydrogen (secondary N) is 2. The van der Waals surface area contributed by atoms with Crippen LogP contribution in [0.25, 0.3) is 0 Å². The number of benzene rings is 2. The van der Waals surface area contributed by atoms with E-state index in [1.54, 1.807) is 25.3 Å². The maximum atomic E-state index is 13.1. The molecule has 0 bridgehead atoms. The summed E-state index contributed by atoms with van der Waals surface area (Å²) in [5.41, 5.74) is 1.77. The van der Waals surface area contributed by atoms with Gasteiger partial charge in [-0.2, -0.15) is 0 Å². The molecule has 8 heteroatoms. The summed E-state index contributed by atoms with van der Waals surface area (Å²) < 4.78 is 5.36. The van der Waals surface area contributed by atoms with E-state index in [1.807, 2.05) is 37.3 Å². The Bertz CT molecular complexity index is 951. The second-order valence-electron chi connectivity index (χ2n) is 7.49. The van der Waals surface area contributed by atoms with Gasteiger partial charge in [0.05, 0.1) is 19.6 Å². The number of rotatable bonds is 7. The van der Waals surface area contributed by atoms with Crippen molar-refractivity contribution in [1.82, 2.24) is 15.5 Å². The number of hydrogen-bond acceptors (Lipinski definition) is 5. The van der Waals surface area contributed by atoms with Crippen LogP contribution in [0.3, 0.4) is 0 Å². The Kier molecular flexibility index (Phi) is 7.65. The van der Waals surface area contributed by atoms with E-state index in [9.17, 15) is 14.4 Å². The largest absolute Gasteiger partial charge is 0.496 e. The minimum absolute atomic E-state index is 0.0533. The lowest BCUT2D eigenvalue weighted by Crippen LogP contribution is -2.46. The van der Waals surface area contributed by atoms with E-state index in [1.165, 1.54) is 0 Å². The maximum Gasteiger partial charge on any atom is 0.243 e. The van der Waals surface area contributed by atoms with Gasteiger partial charge in [-0.25, -0.2) is 0 Å². The van der Waals surface area contributed by atoms with Crippen molar-refractivity contribution in [3.05, 3.63) is 64.7 Å². The summed E-state index contributed by atoms with van der Waals surface area (Å²) in [6, 6.07) is 14.8. The number of methoxy groups -OCH3 is 1. The molecule has 1 aliphatic heterocycles. The summed E-state index contributed by atoms with van der Waals surface area (Å²) >= 11 is 6.10. The van der Waals surface area contributed by atoms with Gasteiger partial charge < -0.3 is 15.4 Å². The number of halogens is 1. The normalized spacial score (nSPS) is 17.6. The SMILES string of the molecule is COc1ccc(Cl)cc1CC1CNC(=O)CN(C(=O)CN[C@@H](C)c2ccccc2)C1=O. The molecule has 31 heavy (non-hydrogen) atoms. The van der Waals surface area contributed by atoms with Crippen molar-refractivity contribution in [2.45, 2.75) is 19.4 Å². The zero-order valence-corrected chi connectivity index (χ0v) is 18.3. The van der Waals surface area contributed by atoms with Crippen molar-refractivity contribution in [1.29, 1.82) is 0 Å². The number of carbonyl (C=O) groups is 3. The highest BCUT2D eigenvalue weighted by Crippen LogP contribution is 2.26. The van der Waals surface area contributed by atoms with Crippen LogP contribution in [0.1, 0.15) is 24.1 Å². The zero-order valence-electron chi connectivity index (χ0n) is 17.6. The topological polar surface area (TPSA) is 87.7 Å². The van der Waals surface area contributed by atoms with E-state index in [0.717, 1.165) is 16.0 Å². The minimum atomic E-state index is -0.602. The van der Waals surface area contributed by atoms with Crippen molar-refractivity contribution in [2.24, 2.45) is 5.92 Å². The average molecular weight is 444 g/mol. The quantitative estimate of drug-likeness (QED) is 0.685. The fraction of sp³-hybridized carbons (Fsp3) is 0.348. The molecule has 0 aliphatic carbocycles. The van der Waals surface area contributed by atoms with Crippen LogP contribution in [0.5, 0.6) is 5.75 Å². The monoisotopic (exact) mass is 443 g/mol. The van der Waals surface area contributed by atoms with Crippen LogP contribution in [-0.2, 0) is 20.8 Å². The molecule has 0 aromatic heterocycles. The molecular formula is C23H26ClN3O4. The van der Waals surface area contributed by atoms with Gasteiger partial charge in [0.25, 0.3) is 0 Å². The standard InChI is InChI=1S/C23H26ClN3O4/c1-15(16-6-4-3-5-7-16)25-13-22(29)27-14-21(28)26-12-18(23(27)30)10-17-11-19(24)8-9-20(17)31-2/h3-9,11,15,18,25H,10,12-14H2,1-2H3,(H,26,28)/t15-,18?/m0/s1. The molecule has 1 unspecified atom stereocenters. The van der Waals surface area contributed by atoms with E-state index in [2.05, 4.69) is 10.6 Å². The Labute approximate surface area is 186 Å². The Balaban J connectivity index is 1.71. The third-order valence-corrected chi connectivity index (χ3v) is 5.57. The number of amides is 3. The first-order chi connectivity index (χ1) is 14.9. The van der Waals surface area contributed by atoms with Crippen LogP contribution >= 0.6 is 11.6 Å². The van der Waals surface area contributed by atoms with Crippen LogP contribution in [0.2, 0.25) is 5.02 Å². The maximum absolute atomic E-state index is 13.1. The fourth-order valence-corrected chi connectivity index (χ4v) is 3.75. The number of nitrogens with zero attached hydrogens (tertiary/aromatic N) is 1. The Morgan fingerprint density at radius 3 is 2.71 bits per heavy atom. The number of ether oxygens (including phenoxy) is 1. The summed E-state index contributed by atoms with van der Waals surface area (Å²) in [7, 11) is 1.54. The molecular weight excluding hydrogens is 418 g/mol. The smallest absolute Gasteiger partial charge is 0.243 e. The van der Waals surface area contributed by atoms with Gasteiger partial charge in [-0.1, -0.05) is 41.9 Å². The third kappa shape index (κ3) is 5.83. The molecule has 164 valence electrons. The highest BCUT2D eigenvalue weighted by atomic mass is 35.5. The van der Waals surface area contributed by atoms with Crippen LogP contribution < -0.4 is 15.4 Å². The molecule has 2 N–H and O–H groups in total. The first-order valence-electron chi connectivity index (χ1n) is 10.1. The van der Waals surface area contributed by atoms with Crippen LogP contribution in [0.15, 0.2) is 48.5 Å². The fourth-order valence-electron chi connectivity index (χ4n) is 3.56. The Morgan fingerprint density at radius 1 is 1.26 bits per heavy atom. The summed E-state index contributed by atoms with van der Waals surface area (Å²) in [5.74, 6) is -1.19. The van der Waals surface area contributed by atoms with Gasteiger partial charge in [-0.15, -0.1) is 0 Å². The minimum Gasteiger partial charge on any atom is -0.496 e. The molecule has 1 aliphatic rings. The van der Waals surface area contributed by atoms with Gasteiger partial charge in [0.2, 0.25) is 17.7 Å². The predicted molar refractivity (Wildman–Crippen MR) is 118 cm³/mol. The van der Waals surface area contributed by atoms with Crippen LogP contribution in [-0.4, -0.2) is 49.4 Å². The van der Waals surface area contributed by atoms with Gasteiger partial charge in [0.15, 0.2) is 0 Å². The van der Waals surface area contributed by atoms with Gasteiger partial charge in [0, 0.05) is 17.6 Å². The highest BCUT2D eigenvalue weighted by Gasteiger charge is 2.34. The van der Waals surface area contributed by atoms with E-state index in [0.29, 0.717) is 17.2 Å². The zero-order chi connectivity index (χ0) is 22.4.